The summed E-state index contributed by atoms with van der Waals surface area (Å²) in [5, 5.41) is 0. The molecule has 0 radical (unpaired) electrons. The molecule has 0 heterocycles. The summed E-state index contributed by atoms with van der Waals surface area (Å²) in [6.07, 6.45) is 0. The fourth-order valence-electron chi connectivity index (χ4n) is 5.62. The van der Waals surface area contributed by atoms with Crippen molar-refractivity contribution in [2.24, 2.45) is 0 Å². The molecule has 1 heteroatoms. The van der Waals surface area contributed by atoms with Crippen molar-refractivity contribution in [2.75, 3.05) is 0 Å². The van der Waals surface area contributed by atoms with Gasteiger partial charge in [-0.3, -0.25) is 4.79 Å². The van der Waals surface area contributed by atoms with Gasteiger partial charge < -0.3 is 0 Å². The number of ketones is 1. The van der Waals surface area contributed by atoms with Crippen molar-refractivity contribution < 1.29 is 4.79 Å². The normalized spacial score (nSPS) is 11.7. The minimum absolute atomic E-state index is 0.0908. The maximum absolute atomic E-state index is 13.8. The highest BCUT2D eigenvalue weighted by molar-refractivity contribution is 6.22. The molecule has 1 nitrogen and oxygen atoms in total. The highest BCUT2D eigenvalue weighted by atomic mass is 16.1. The monoisotopic (exact) mass is 484 g/mol. The molecule has 0 N–H and O–H groups in total. The lowest BCUT2D eigenvalue weighted by atomic mass is 9.92. The minimum atomic E-state index is 0.0908. The SMILES string of the molecule is O=C1c2cc(-c3ccccc3-c3ccccc3)ccc2-c2ccc(-c3ccccc3-c3ccccc3)cc21. The molecule has 0 saturated carbocycles. The van der Waals surface area contributed by atoms with Crippen LogP contribution in [0.1, 0.15) is 15.9 Å². The van der Waals surface area contributed by atoms with Crippen LogP contribution in [0.2, 0.25) is 0 Å². The molecule has 7 rings (SSSR count). The van der Waals surface area contributed by atoms with Gasteiger partial charge in [-0.2, -0.15) is 0 Å². The van der Waals surface area contributed by atoms with Crippen LogP contribution in [0, 0.1) is 0 Å². The van der Waals surface area contributed by atoms with Crippen molar-refractivity contribution in [1.82, 2.24) is 0 Å². The third-order valence-electron chi connectivity index (χ3n) is 7.46. The van der Waals surface area contributed by atoms with Crippen LogP contribution in [0.25, 0.3) is 55.6 Å². The Kier molecular flexibility index (Phi) is 5.34. The van der Waals surface area contributed by atoms with Gasteiger partial charge in [-0.05, 0) is 67.8 Å². The van der Waals surface area contributed by atoms with E-state index in [4.69, 9.17) is 0 Å². The molecule has 0 atom stereocenters. The van der Waals surface area contributed by atoms with Gasteiger partial charge in [0.15, 0.2) is 5.78 Å². The molecule has 0 spiro atoms. The van der Waals surface area contributed by atoms with Gasteiger partial charge in [0.25, 0.3) is 0 Å². The fraction of sp³-hybridized carbons (Fsp3) is 0. The van der Waals surface area contributed by atoms with Crippen LogP contribution < -0.4 is 0 Å². The third-order valence-corrected chi connectivity index (χ3v) is 7.46. The van der Waals surface area contributed by atoms with Gasteiger partial charge >= 0.3 is 0 Å². The number of benzene rings is 6. The van der Waals surface area contributed by atoms with E-state index in [1.54, 1.807) is 0 Å². The van der Waals surface area contributed by atoms with Crippen molar-refractivity contribution in [1.29, 1.82) is 0 Å². The van der Waals surface area contributed by atoms with Crippen molar-refractivity contribution in [3.05, 3.63) is 157 Å². The van der Waals surface area contributed by atoms with E-state index < -0.39 is 0 Å². The van der Waals surface area contributed by atoms with Crippen molar-refractivity contribution in [3.63, 3.8) is 0 Å². The Balaban J connectivity index is 1.30. The van der Waals surface area contributed by atoms with E-state index in [1.807, 2.05) is 12.1 Å². The van der Waals surface area contributed by atoms with E-state index in [0.717, 1.165) is 55.6 Å². The van der Waals surface area contributed by atoms with Crippen molar-refractivity contribution in [3.8, 4) is 55.6 Å². The zero-order chi connectivity index (χ0) is 25.5. The first-order valence-electron chi connectivity index (χ1n) is 12.9. The Morgan fingerprint density at radius 2 is 0.605 bits per heavy atom. The summed E-state index contributed by atoms with van der Waals surface area (Å²) < 4.78 is 0. The highest BCUT2D eigenvalue weighted by Crippen LogP contribution is 2.42. The Bertz CT molecular complexity index is 1680. The largest absolute Gasteiger partial charge is 0.289 e. The van der Waals surface area contributed by atoms with Crippen LogP contribution in [0.15, 0.2) is 146 Å². The number of carbonyl (C=O) groups excluding carboxylic acids is 1. The number of hydrogen-bond donors (Lipinski definition) is 0. The second-order valence-corrected chi connectivity index (χ2v) is 9.67. The first kappa shape index (κ1) is 22.2. The second kappa shape index (κ2) is 9.14. The molecule has 1 aliphatic rings. The van der Waals surface area contributed by atoms with Gasteiger partial charge in [-0.25, -0.2) is 0 Å². The average molecular weight is 485 g/mol. The molecule has 6 aromatic rings. The predicted molar refractivity (Wildman–Crippen MR) is 157 cm³/mol. The molecule has 0 amide bonds. The molecule has 6 aromatic carbocycles. The van der Waals surface area contributed by atoms with Gasteiger partial charge in [0.05, 0.1) is 0 Å². The maximum atomic E-state index is 13.8. The van der Waals surface area contributed by atoms with E-state index >= 15 is 0 Å². The Hall–Kier alpha value is -5.01. The molecule has 0 fully saturated rings. The number of fused-ring (bicyclic) bond motifs is 3. The molecule has 38 heavy (non-hydrogen) atoms. The maximum Gasteiger partial charge on any atom is 0.194 e. The molecule has 0 bridgehead atoms. The summed E-state index contributed by atoms with van der Waals surface area (Å²) in [5.74, 6) is 0.0908. The van der Waals surface area contributed by atoms with Gasteiger partial charge in [-0.15, -0.1) is 0 Å². The second-order valence-electron chi connectivity index (χ2n) is 9.67. The average Bonchev–Trinajstić information content (AvgIpc) is 3.28. The van der Waals surface area contributed by atoms with Crippen LogP contribution in [-0.4, -0.2) is 5.78 Å². The van der Waals surface area contributed by atoms with Gasteiger partial charge in [0, 0.05) is 11.1 Å². The van der Waals surface area contributed by atoms with Crippen molar-refractivity contribution >= 4 is 5.78 Å². The van der Waals surface area contributed by atoms with E-state index in [0.29, 0.717) is 0 Å². The van der Waals surface area contributed by atoms with E-state index in [9.17, 15) is 4.79 Å². The molecular weight excluding hydrogens is 460 g/mol. The lowest BCUT2D eigenvalue weighted by Gasteiger charge is -2.12. The quantitative estimate of drug-likeness (QED) is 0.243. The molecule has 0 saturated heterocycles. The van der Waals surface area contributed by atoms with E-state index in [1.165, 1.54) is 11.1 Å². The van der Waals surface area contributed by atoms with Crippen LogP contribution in [0.4, 0.5) is 0 Å². The van der Waals surface area contributed by atoms with Gasteiger partial charge in [0.1, 0.15) is 0 Å². The van der Waals surface area contributed by atoms with E-state index in [2.05, 4.69) is 133 Å². The third kappa shape index (κ3) is 3.68. The number of rotatable bonds is 4. The van der Waals surface area contributed by atoms with Gasteiger partial charge in [-0.1, -0.05) is 133 Å². The Labute approximate surface area is 222 Å². The zero-order valence-electron chi connectivity index (χ0n) is 20.8. The summed E-state index contributed by atoms with van der Waals surface area (Å²) in [6.45, 7) is 0. The first-order chi connectivity index (χ1) is 18.8. The summed E-state index contributed by atoms with van der Waals surface area (Å²) in [4.78, 5) is 13.8. The number of hydrogen-bond acceptors (Lipinski definition) is 1. The topological polar surface area (TPSA) is 17.1 Å². The molecule has 0 aliphatic heterocycles. The first-order valence-corrected chi connectivity index (χ1v) is 12.9. The van der Waals surface area contributed by atoms with Crippen molar-refractivity contribution in [2.45, 2.75) is 0 Å². The smallest absolute Gasteiger partial charge is 0.194 e. The van der Waals surface area contributed by atoms with E-state index in [-0.39, 0.29) is 5.78 Å². The minimum Gasteiger partial charge on any atom is -0.289 e. The van der Waals surface area contributed by atoms with Crippen LogP contribution in [-0.2, 0) is 0 Å². The van der Waals surface area contributed by atoms with Crippen LogP contribution in [0.5, 0.6) is 0 Å². The van der Waals surface area contributed by atoms with Gasteiger partial charge in [0.2, 0.25) is 0 Å². The molecule has 178 valence electrons. The molecular formula is C37H24O. The Morgan fingerprint density at radius 1 is 0.263 bits per heavy atom. The highest BCUT2D eigenvalue weighted by Gasteiger charge is 2.28. The lowest BCUT2D eigenvalue weighted by molar-refractivity contribution is 0.104. The van der Waals surface area contributed by atoms with Crippen LogP contribution >= 0.6 is 0 Å². The summed E-state index contributed by atoms with van der Waals surface area (Å²) in [6, 6.07) is 50.2. The zero-order valence-corrected chi connectivity index (χ0v) is 20.8. The molecule has 0 aromatic heterocycles. The molecule has 0 unspecified atom stereocenters. The summed E-state index contributed by atoms with van der Waals surface area (Å²) in [5.41, 5.74) is 12.6. The predicted octanol–water partition coefficient (Wildman–Crippen LogP) is 9.57. The molecule has 1 aliphatic carbocycles. The van der Waals surface area contributed by atoms with Crippen LogP contribution in [0.3, 0.4) is 0 Å². The lowest BCUT2D eigenvalue weighted by Crippen LogP contribution is -1.96. The number of carbonyl (C=O) groups is 1. The summed E-state index contributed by atoms with van der Waals surface area (Å²) in [7, 11) is 0. The fourth-order valence-corrected chi connectivity index (χ4v) is 5.62. The summed E-state index contributed by atoms with van der Waals surface area (Å²) >= 11 is 0. The standard InChI is InChI=1S/C37H24O/c38-37-35-23-27(31-17-9-7-15-29(31)25-11-3-1-4-12-25)19-21-33(35)34-22-20-28(24-36(34)37)32-18-10-8-16-30(32)26-13-5-2-6-14-26/h1-24H. The Morgan fingerprint density at radius 3 is 1.00 bits per heavy atom.